The van der Waals surface area contributed by atoms with Crippen LogP contribution in [0.3, 0.4) is 0 Å². The molecule has 0 aliphatic heterocycles. The Balaban J connectivity index is 4.49. The van der Waals surface area contributed by atoms with Crippen LogP contribution in [-0.2, 0) is 4.43 Å². The molecule has 5 nitrogen and oxygen atoms in total. The molecule has 1 N–H and O–H groups in total. The van der Waals surface area contributed by atoms with Crippen LogP contribution in [-0.4, -0.2) is 32.2 Å². The van der Waals surface area contributed by atoms with Crippen molar-refractivity contribution in [3.05, 3.63) is 22.6 Å². The van der Waals surface area contributed by atoms with E-state index in [9.17, 15) is 5.11 Å². The highest BCUT2D eigenvalue weighted by Crippen LogP contribution is 2.36. The summed E-state index contributed by atoms with van der Waals surface area (Å²) in [6.45, 7) is 13.2. The van der Waals surface area contributed by atoms with Gasteiger partial charge in [0, 0.05) is 11.5 Å². The fourth-order valence-corrected chi connectivity index (χ4v) is 2.85. The van der Waals surface area contributed by atoms with Gasteiger partial charge in [0.15, 0.2) is 8.32 Å². The smallest absolute Gasteiger partial charge is 0.191 e. The molecule has 0 aliphatic rings. The van der Waals surface area contributed by atoms with Crippen molar-refractivity contribution in [1.29, 1.82) is 0 Å². The lowest BCUT2D eigenvalue weighted by molar-refractivity contribution is 0.146. The van der Waals surface area contributed by atoms with E-state index in [1.807, 2.05) is 6.08 Å². The van der Waals surface area contributed by atoms with Gasteiger partial charge in [-0.3, -0.25) is 0 Å². The molecule has 0 saturated heterocycles. The molecule has 0 amide bonds. The molecule has 2 atom stereocenters. The predicted octanol–water partition coefficient (Wildman–Crippen LogP) is 5.57. The van der Waals surface area contributed by atoms with Crippen molar-refractivity contribution in [3.63, 3.8) is 0 Å². The maximum absolute atomic E-state index is 10.2. The second-order valence-corrected chi connectivity index (χ2v) is 12.4. The molecule has 0 fully saturated rings. The van der Waals surface area contributed by atoms with Crippen LogP contribution >= 0.6 is 0 Å². The zero-order valence-corrected chi connectivity index (χ0v) is 16.7. The number of hydrogen-bond acceptors (Lipinski definition) is 3. The van der Waals surface area contributed by atoms with Crippen LogP contribution < -0.4 is 0 Å². The number of rotatable bonds is 11. The minimum atomic E-state index is -1.91. The zero-order valence-electron chi connectivity index (χ0n) is 15.7. The maximum Gasteiger partial charge on any atom is 0.191 e. The van der Waals surface area contributed by atoms with E-state index in [0.29, 0.717) is 0 Å². The van der Waals surface area contributed by atoms with Crippen LogP contribution in [0.15, 0.2) is 17.3 Å². The fourth-order valence-electron chi connectivity index (χ4n) is 1.83. The van der Waals surface area contributed by atoms with Gasteiger partial charge in [-0.15, -0.1) is 0 Å². The van der Waals surface area contributed by atoms with Crippen molar-refractivity contribution in [1.82, 2.24) is 0 Å². The molecule has 0 aromatic heterocycles. The van der Waals surface area contributed by atoms with E-state index < -0.39 is 20.5 Å². The van der Waals surface area contributed by atoms with Crippen molar-refractivity contribution < 1.29 is 9.53 Å². The van der Waals surface area contributed by atoms with Gasteiger partial charge in [0.25, 0.3) is 0 Å². The summed E-state index contributed by atoms with van der Waals surface area (Å²) in [5.74, 6) is 0. The van der Waals surface area contributed by atoms with E-state index in [1.165, 1.54) is 19.3 Å². The Morgan fingerprint density at radius 1 is 1.26 bits per heavy atom. The van der Waals surface area contributed by atoms with E-state index in [4.69, 9.17) is 9.96 Å². The number of aliphatic hydroxyl groups excluding tert-OH is 1. The summed E-state index contributed by atoms with van der Waals surface area (Å²) in [7, 11) is -1.91. The van der Waals surface area contributed by atoms with Gasteiger partial charge in [-0.1, -0.05) is 64.2 Å². The van der Waals surface area contributed by atoms with Gasteiger partial charge in [0.2, 0.25) is 0 Å². The average Bonchev–Trinajstić information content (AvgIpc) is 2.45. The van der Waals surface area contributed by atoms with Gasteiger partial charge in [0.05, 0.1) is 12.1 Å². The molecule has 0 radical (unpaired) electrons. The van der Waals surface area contributed by atoms with E-state index >= 15 is 0 Å². The summed E-state index contributed by atoms with van der Waals surface area (Å²) in [4.78, 5) is 2.86. The van der Waals surface area contributed by atoms with Gasteiger partial charge < -0.3 is 9.53 Å². The van der Waals surface area contributed by atoms with Gasteiger partial charge in [-0.2, -0.15) is 0 Å². The molecule has 0 spiro atoms. The SMILES string of the molecule is CCCCCC/C=C/[C@@H](O)[C@H](CO[Si](C)(C)C(C)(C)C)N=[N+]=[N-]. The number of azide groups is 1. The molecule has 23 heavy (non-hydrogen) atoms. The van der Waals surface area contributed by atoms with Crippen LogP contribution in [0.4, 0.5) is 0 Å². The number of hydrogen-bond donors (Lipinski definition) is 1. The monoisotopic (exact) mass is 341 g/mol. The summed E-state index contributed by atoms with van der Waals surface area (Å²) in [6, 6.07) is -0.569. The molecular weight excluding hydrogens is 306 g/mol. The molecule has 134 valence electrons. The van der Waals surface area contributed by atoms with E-state index in [1.54, 1.807) is 6.08 Å². The lowest BCUT2D eigenvalue weighted by atomic mass is 10.1. The number of unbranched alkanes of at least 4 members (excludes halogenated alkanes) is 4. The molecule has 0 bridgehead atoms. The fraction of sp³-hybridized carbons (Fsp3) is 0.882. The third-order valence-electron chi connectivity index (χ3n) is 4.57. The first-order chi connectivity index (χ1) is 10.7. The zero-order chi connectivity index (χ0) is 17.9. The first kappa shape index (κ1) is 22.2. The summed E-state index contributed by atoms with van der Waals surface area (Å²) in [5.41, 5.74) is 8.72. The average molecular weight is 342 g/mol. The number of allylic oxidation sites excluding steroid dienone is 1. The van der Waals surface area contributed by atoms with E-state index in [0.717, 1.165) is 12.8 Å². The highest BCUT2D eigenvalue weighted by atomic mass is 28.4. The van der Waals surface area contributed by atoms with Gasteiger partial charge in [-0.05, 0) is 36.5 Å². The Morgan fingerprint density at radius 3 is 2.43 bits per heavy atom. The standard InChI is InChI=1S/C17H35N3O2Si/c1-7-8-9-10-11-12-13-16(21)15(19-20-18)14-22-23(5,6)17(2,3)4/h12-13,15-16,21H,7-11,14H2,1-6H3/b13-12+/t15-,16+/m0/s1. The topological polar surface area (TPSA) is 78.2 Å². The summed E-state index contributed by atoms with van der Waals surface area (Å²) < 4.78 is 6.07. The van der Waals surface area contributed by atoms with Gasteiger partial charge >= 0.3 is 0 Å². The maximum atomic E-state index is 10.2. The molecule has 0 heterocycles. The van der Waals surface area contributed by atoms with Crippen LogP contribution in [0, 0.1) is 0 Å². The molecule has 0 unspecified atom stereocenters. The van der Waals surface area contributed by atoms with Crippen molar-refractivity contribution >= 4 is 8.32 Å². The molecule has 0 aromatic rings. The number of nitrogens with zero attached hydrogens (tertiary/aromatic N) is 3. The van der Waals surface area contributed by atoms with Crippen LogP contribution in [0.25, 0.3) is 10.4 Å². The minimum absolute atomic E-state index is 0.0912. The minimum Gasteiger partial charge on any atom is -0.416 e. The van der Waals surface area contributed by atoms with Crippen molar-refractivity contribution in [3.8, 4) is 0 Å². The van der Waals surface area contributed by atoms with Crippen LogP contribution in [0.1, 0.15) is 59.8 Å². The Bertz CT molecular complexity index is 399. The predicted molar refractivity (Wildman–Crippen MR) is 100.0 cm³/mol. The van der Waals surface area contributed by atoms with Crippen LogP contribution in [0.5, 0.6) is 0 Å². The highest BCUT2D eigenvalue weighted by molar-refractivity contribution is 6.74. The quantitative estimate of drug-likeness (QED) is 0.133. The largest absolute Gasteiger partial charge is 0.416 e. The van der Waals surface area contributed by atoms with E-state index in [2.05, 4.69) is 50.8 Å². The second-order valence-electron chi connectivity index (χ2n) is 7.61. The molecule has 6 heteroatoms. The van der Waals surface area contributed by atoms with Gasteiger partial charge in [-0.25, -0.2) is 0 Å². The second kappa shape index (κ2) is 10.9. The summed E-state index contributed by atoms with van der Waals surface area (Å²) >= 11 is 0. The van der Waals surface area contributed by atoms with Crippen molar-refractivity contribution in [2.45, 2.75) is 90.1 Å². The van der Waals surface area contributed by atoms with Gasteiger partial charge in [0.1, 0.15) is 0 Å². The highest BCUT2D eigenvalue weighted by Gasteiger charge is 2.37. The van der Waals surface area contributed by atoms with Crippen LogP contribution in [0.2, 0.25) is 18.1 Å². The van der Waals surface area contributed by atoms with E-state index in [-0.39, 0.29) is 11.6 Å². The molecular formula is C17H35N3O2Si. The number of aliphatic hydroxyl groups is 1. The Morgan fingerprint density at radius 2 is 1.91 bits per heavy atom. The Hall–Kier alpha value is -0.813. The first-order valence-electron chi connectivity index (χ1n) is 8.68. The summed E-state index contributed by atoms with van der Waals surface area (Å²) in [6.07, 6.45) is 8.68. The normalized spacial score (nSPS) is 15.4. The summed E-state index contributed by atoms with van der Waals surface area (Å²) in [5, 5.41) is 14.0. The molecule has 0 aromatic carbocycles. The third kappa shape index (κ3) is 9.16. The Kier molecular flexibility index (Phi) is 10.5. The van der Waals surface area contributed by atoms with Crippen molar-refractivity contribution in [2.24, 2.45) is 5.11 Å². The first-order valence-corrected chi connectivity index (χ1v) is 11.6. The third-order valence-corrected chi connectivity index (χ3v) is 9.07. The molecule has 0 saturated carbocycles. The lowest BCUT2D eigenvalue weighted by Gasteiger charge is -2.37. The van der Waals surface area contributed by atoms with Crippen molar-refractivity contribution in [2.75, 3.05) is 6.61 Å². The molecule has 0 aliphatic carbocycles. The lowest BCUT2D eigenvalue weighted by Crippen LogP contribution is -2.43. The molecule has 0 rings (SSSR count). The Labute approximate surface area is 142 Å².